The highest BCUT2D eigenvalue weighted by atomic mass is 32.1. The summed E-state index contributed by atoms with van der Waals surface area (Å²) in [5.74, 6) is 2.09. The van der Waals surface area contributed by atoms with Crippen LogP contribution in [-0.4, -0.2) is 36.3 Å². The van der Waals surface area contributed by atoms with Crippen LogP contribution in [0, 0.1) is 0 Å². The molecule has 1 aliphatic rings. The van der Waals surface area contributed by atoms with Crippen molar-refractivity contribution in [2.75, 3.05) is 30.5 Å². The second-order valence-corrected chi connectivity index (χ2v) is 9.07. The minimum atomic E-state index is -0.289. The lowest BCUT2D eigenvalue weighted by Crippen LogP contribution is -2.29. The fourth-order valence-corrected chi connectivity index (χ4v) is 4.85. The number of furan rings is 1. The van der Waals surface area contributed by atoms with Crippen LogP contribution in [0.2, 0.25) is 0 Å². The summed E-state index contributed by atoms with van der Waals surface area (Å²) in [4.78, 5) is 18.5. The molecular formula is C29H28N4O4S. The number of carbonyl (C=O) groups excluding carboxylic acids is 1. The van der Waals surface area contributed by atoms with Crippen LogP contribution in [0.5, 0.6) is 5.75 Å². The van der Waals surface area contributed by atoms with Crippen LogP contribution in [0.15, 0.2) is 89.5 Å². The van der Waals surface area contributed by atoms with Crippen LogP contribution in [0.25, 0.3) is 11.3 Å². The van der Waals surface area contributed by atoms with E-state index in [2.05, 4.69) is 15.6 Å². The van der Waals surface area contributed by atoms with Crippen LogP contribution in [0.3, 0.4) is 0 Å². The highest BCUT2D eigenvalue weighted by Gasteiger charge is 2.42. The van der Waals surface area contributed by atoms with Crippen molar-refractivity contribution >= 4 is 34.6 Å². The molecule has 2 aromatic carbocycles. The minimum absolute atomic E-state index is 0.00903. The van der Waals surface area contributed by atoms with Gasteiger partial charge in [-0.2, -0.15) is 0 Å². The van der Waals surface area contributed by atoms with Crippen molar-refractivity contribution in [1.29, 1.82) is 0 Å². The molecule has 1 saturated heterocycles. The number of methoxy groups -OCH3 is 1. The van der Waals surface area contributed by atoms with Crippen molar-refractivity contribution in [2.24, 2.45) is 0 Å². The number of hydrogen-bond donors (Lipinski definition) is 2. The molecule has 2 atom stereocenters. The summed E-state index contributed by atoms with van der Waals surface area (Å²) < 4.78 is 16.9. The summed E-state index contributed by atoms with van der Waals surface area (Å²) in [6.45, 7) is 2.57. The first-order chi connectivity index (χ1) is 18.6. The van der Waals surface area contributed by atoms with E-state index in [1.165, 1.54) is 7.11 Å². The van der Waals surface area contributed by atoms with Crippen molar-refractivity contribution in [2.45, 2.75) is 19.0 Å². The maximum Gasteiger partial charge on any atom is 0.250 e. The molecule has 8 nitrogen and oxygen atoms in total. The molecule has 3 heterocycles. The Balaban J connectivity index is 1.48. The van der Waals surface area contributed by atoms with E-state index in [1.54, 1.807) is 6.20 Å². The molecule has 0 saturated carbocycles. The lowest BCUT2D eigenvalue weighted by molar-refractivity contribution is -0.119. The number of amides is 1. The molecule has 2 N–H and O–H groups in total. The molecule has 9 heteroatoms. The summed E-state index contributed by atoms with van der Waals surface area (Å²) >= 11 is 5.80. The van der Waals surface area contributed by atoms with Crippen LogP contribution in [0.4, 0.5) is 11.4 Å². The lowest BCUT2D eigenvalue weighted by Gasteiger charge is -2.26. The van der Waals surface area contributed by atoms with Crippen LogP contribution >= 0.6 is 12.2 Å². The van der Waals surface area contributed by atoms with Crippen molar-refractivity contribution in [3.8, 4) is 17.1 Å². The Morgan fingerprint density at radius 3 is 2.55 bits per heavy atom. The van der Waals surface area contributed by atoms with E-state index >= 15 is 0 Å². The Kier molecular flexibility index (Phi) is 7.67. The van der Waals surface area contributed by atoms with Crippen molar-refractivity contribution in [3.05, 3.63) is 96.5 Å². The third-order valence-corrected chi connectivity index (χ3v) is 6.49. The number of benzene rings is 2. The summed E-state index contributed by atoms with van der Waals surface area (Å²) in [5, 5.41) is 6.80. The maximum absolute atomic E-state index is 11.9. The van der Waals surface area contributed by atoms with E-state index in [4.69, 9.17) is 26.1 Å². The molecule has 0 unspecified atom stereocenters. The van der Waals surface area contributed by atoms with Crippen molar-refractivity contribution < 1.29 is 18.7 Å². The second kappa shape index (κ2) is 11.5. The summed E-state index contributed by atoms with van der Waals surface area (Å²) in [5.41, 5.74) is 3.33. The Morgan fingerprint density at radius 1 is 1.08 bits per heavy atom. The predicted molar refractivity (Wildman–Crippen MR) is 150 cm³/mol. The van der Waals surface area contributed by atoms with Gasteiger partial charge in [-0.15, -0.1) is 0 Å². The van der Waals surface area contributed by atoms with Gasteiger partial charge in [0.25, 0.3) is 0 Å². The largest absolute Gasteiger partial charge is 0.494 e. The standard InChI is InChI=1S/C29H28N4O4S/c1-3-36-22-13-7-19(8-14-22)24-15-16-25(37-24)28-27(23-6-4-5-17-30-23)32-29(38)33(28)21-11-9-20(10-12-21)31-26(34)18-35-2/h4-17,27-28H,3,18H2,1-2H3,(H,31,34)(H,32,38)/t27-,28-/m1/s1. The molecule has 38 heavy (non-hydrogen) atoms. The smallest absolute Gasteiger partial charge is 0.250 e. The van der Waals surface area contributed by atoms with Gasteiger partial charge in [-0.25, -0.2) is 0 Å². The summed E-state index contributed by atoms with van der Waals surface area (Å²) in [7, 11) is 1.48. The van der Waals surface area contributed by atoms with Gasteiger partial charge >= 0.3 is 0 Å². The average molecular weight is 529 g/mol. The molecule has 0 radical (unpaired) electrons. The minimum Gasteiger partial charge on any atom is -0.494 e. The van der Waals surface area contributed by atoms with Gasteiger partial charge < -0.3 is 29.4 Å². The zero-order chi connectivity index (χ0) is 26.5. The quantitative estimate of drug-likeness (QED) is 0.275. The van der Waals surface area contributed by atoms with Gasteiger partial charge in [0.15, 0.2) is 5.11 Å². The number of ether oxygens (including phenoxy) is 2. The molecule has 1 amide bonds. The number of anilines is 2. The van der Waals surface area contributed by atoms with Gasteiger partial charge in [0.1, 0.15) is 29.9 Å². The van der Waals surface area contributed by atoms with Gasteiger partial charge in [0.2, 0.25) is 5.91 Å². The van der Waals surface area contributed by atoms with E-state index < -0.39 is 0 Å². The lowest BCUT2D eigenvalue weighted by atomic mass is 10.0. The molecule has 194 valence electrons. The number of pyridine rings is 1. The number of rotatable bonds is 9. The summed E-state index contributed by atoms with van der Waals surface area (Å²) in [6, 6.07) is 24.6. The molecule has 5 rings (SSSR count). The Labute approximate surface area is 226 Å². The average Bonchev–Trinajstić information content (AvgIpc) is 3.55. The third kappa shape index (κ3) is 5.39. The van der Waals surface area contributed by atoms with Gasteiger partial charge in [0.05, 0.1) is 18.3 Å². The van der Waals surface area contributed by atoms with Crippen molar-refractivity contribution in [1.82, 2.24) is 10.3 Å². The molecule has 1 aliphatic heterocycles. The van der Waals surface area contributed by atoms with Crippen LogP contribution in [0.1, 0.15) is 30.5 Å². The van der Waals surface area contributed by atoms with E-state index in [0.717, 1.165) is 34.2 Å². The van der Waals surface area contributed by atoms with Crippen LogP contribution in [-0.2, 0) is 9.53 Å². The third-order valence-electron chi connectivity index (χ3n) is 6.17. The first-order valence-corrected chi connectivity index (χ1v) is 12.7. The van der Waals surface area contributed by atoms with E-state index in [0.29, 0.717) is 17.4 Å². The SMILES string of the molecule is CCOc1ccc(-c2ccc([C@@H]3[C@@H](c4ccccn4)NC(=S)N3c3ccc(NC(=O)COC)cc3)o2)cc1. The highest BCUT2D eigenvalue weighted by molar-refractivity contribution is 7.80. The summed E-state index contributed by atoms with van der Waals surface area (Å²) in [6.07, 6.45) is 1.77. The number of nitrogens with one attached hydrogen (secondary N) is 2. The maximum atomic E-state index is 11.9. The van der Waals surface area contributed by atoms with Gasteiger partial charge in [-0.05, 0) is 91.9 Å². The fraction of sp³-hybridized carbons (Fsp3) is 0.207. The fourth-order valence-electron chi connectivity index (χ4n) is 4.50. The first kappa shape index (κ1) is 25.4. The highest BCUT2D eigenvalue weighted by Crippen LogP contribution is 2.43. The zero-order valence-electron chi connectivity index (χ0n) is 21.1. The molecule has 0 spiro atoms. The molecule has 2 aromatic heterocycles. The number of aromatic nitrogens is 1. The number of hydrogen-bond acceptors (Lipinski definition) is 6. The normalized spacial score (nSPS) is 16.8. The Bertz CT molecular complexity index is 1390. The Morgan fingerprint density at radius 2 is 1.87 bits per heavy atom. The van der Waals surface area contributed by atoms with Gasteiger partial charge in [-0.1, -0.05) is 6.07 Å². The number of thiocarbonyl (C=S) groups is 1. The topological polar surface area (TPSA) is 88.9 Å². The predicted octanol–water partition coefficient (Wildman–Crippen LogP) is 5.50. The van der Waals surface area contributed by atoms with Crippen LogP contribution < -0.4 is 20.3 Å². The van der Waals surface area contributed by atoms with E-state index in [1.807, 2.05) is 90.7 Å². The zero-order valence-corrected chi connectivity index (χ0v) is 21.9. The van der Waals surface area contributed by atoms with Crippen molar-refractivity contribution in [3.63, 3.8) is 0 Å². The molecule has 0 aliphatic carbocycles. The van der Waals surface area contributed by atoms with E-state index in [9.17, 15) is 4.79 Å². The molecule has 1 fully saturated rings. The Hall–Kier alpha value is -4.21. The first-order valence-electron chi connectivity index (χ1n) is 12.3. The van der Waals surface area contributed by atoms with E-state index in [-0.39, 0.29) is 24.6 Å². The van der Waals surface area contributed by atoms with Gasteiger partial charge in [0, 0.05) is 30.2 Å². The molecule has 0 bridgehead atoms. The molecular weight excluding hydrogens is 500 g/mol. The molecule has 4 aromatic rings. The number of carbonyl (C=O) groups is 1. The monoisotopic (exact) mass is 528 g/mol. The van der Waals surface area contributed by atoms with Gasteiger partial charge in [-0.3, -0.25) is 9.78 Å². The number of nitrogens with zero attached hydrogens (tertiary/aromatic N) is 2. The second-order valence-electron chi connectivity index (χ2n) is 8.68.